The van der Waals surface area contributed by atoms with Crippen molar-refractivity contribution in [3.05, 3.63) is 34.3 Å². The number of nitrogens with one attached hydrogen (secondary N) is 2. The Balaban J connectivity index is 1.45. The van der Waals surface area contributed by atoms with Crippen molar-refractivity contribution in [2.24, 2.45) is 5.92 Å². The van der Waals surface area contributed by atoms with Crippen LogP contribution in [0.25, 0.3) is 0 Å². The molecule has 3 rings (SSSR count). The molecule has 1 fully saturated rings. The molecule has 1 unspecified atom stereocenters. The lowest BCUT2D eigenvalue weighted by molar-refractivity contribution is 0.223. The summed E-state index contributed by atoms with van der Waals surface area (Å²) in [5.41, 5.74) is 1.41. The lowest BCUT2D eigenvalue weighted by atomic mass is 10.0. The zero-order valence-electron chi connectivity index (χ0n) is 14.3. The molecule has 130 valence electrons. The standard InChI is InChI=1S/C17H25BrN6/c1-13(11-14-3-5-15(18)6-4-14)12-23-7-9-24(10-8-23)17-20-16(19-2)21-22-17/h3-6,13H,7-12H2,1-2H3,(H2,19,20,21,22). The number of benzene rings is 1. The van der Waals surface area contributed by atoms with Crippen LogP contribution in [0, 0.1) is 5.92 Å². The lowest BCUT2D eigenvalue weighted by Crippen LogP contribution is -2.48. The van der Waals surface area contributed by atoms with Crippen molar-refractivity contribution in [2.45, 2.75) is 13.3 Å². The molecule has 1 aromatic heterocycles. The number of rotatable bonds is 6. The second-order valence-corrected chi connectivity index (χ2v) is 7.37. The number of nitrogens with zero attached hydrogens (tertiary/aromatic N) is 4. The summed E-state index contributed by atoms with van der Waals surface area (Å²) in [7, 11) is 1.84. The highest BCUT2D eigenvalue weighted by Gasteiger charge is 2.21. The number of anilines is 2. The number of aromatic nitrogens is 3. The molecule has 2 heterocycles. The first-order valence-corrected chi connectivity index (χ1v) is 9.25. The molecule has 6 nitrogen and oxygen atoms in total. The Bertz CT molecular complexity index is 633. The Hall–Kier alpha value is -1.60. The Morgan fingerprint density at radius 3 is 2.54 bits per heavy atom. The van der Waals surface area contributed by atoms with Crippen LogP contribution in [-0.2, 0) is 6.42 Å². The van der Waals surface area contributed by atoms with Crippen LogP contribution in [0.15, 0.2) is 28.7 Å². The van der Waals surface area contributed by atoms with Crippen molar-refractivity contribution in [3.8, 4) is 0 Å². The van der Waals surface area contributed by atoms with Gasteiger partial charge >= 0.3 is 0 Å². The van der Waals surface area contributed by atoms with Crippen LogP contribution in [0.5, 0.6) is 0 Å². The quantitative estimate of drug-likeness (QED) is 0.790. The van der Waals surface area contributed by atoms with Gasteiger partial charge in [0, 0.05) is 44.2 Å². The summed E-state index contributed by atoms with van der Waals surface area (Å²) < 4.78 is 1.14. The van der Waals surface area contributed by atoms with Gasteiger partial charge in [0.25, 0.3) is 0 Å². The average molecular weight is 393 g/mol. The summed E-state index contributed by atoms with van der Waals surface area (Å²) in [5, 5.41) is 10.1. The smallest absolute Gasteiger partial charge is 0.246 e. The Morgan fingerprint density at radius 1 is 1.21 bits per heavy atom. The molecule has 2 aromatic rings. The third kappa shape index (κ3) is 4.48. The van der Waals surface area contributed by atoms with Crippen LogP contribution in [-0.4, -0.2) is 59.9 Å². The molecule has 1 atom stereocenters. The Labute approximate surface area is 151 Å². The van der Waals surface area contributed by atoms with E-state index in [1.807, 2.05) is 7.05 Å². The highest BCUT2D eigenvalue weighted by atomic mass is 79.9. The van der Waals surface area contributed by atoms with Gasteiger partial charge in [-0.15, -0.1) is 5.10 Å². The van der Waals surface area contributed by atoms with E-state index < -0.39 is 0 Å². The fourth-order valence-corrected chi connectivity index (χ4v) is 3.43. The first kappa shape index (κ1) is 17.2. The predicted molar refractivity (Wildman–Crippen MR) is 102 cm³/mol. The van der Waals surface area contributed by atoms with E-state index in [0.717, 1.165) is 55.5 Å². The minimum atomic E-state index is 0.650. The molecule has 0 aliphatic carbocycles. The first-order chi connectivity index (χ1) is 11.6. The summed E-state index contributed by atoms with van der Waals surface area (Å²) in [4.78, 5) is 9.22. The van der Waals surface area contributed by atoms with E-state index in [-0.39, 0.29) is 0 Å². The molecular formula is C17H25BrN6. The van der Waals surface area contributed by atoms with Gasteiger partial charge in [0.1, 0.15) is 0 Å². The molecule has 24 heavy (non-hydrogen) atoms. The van der Waals surface area contributed by atoms with Gasteiger partial charge in [-0.05, 0) is 30.0 Å². The predicted octanol–water partition coefficient (Wildman–Crippen LogP) is 2.61. The fourth-order valence-electron chi connectivity index (χ4n) is 3.16. The van der Waals surface area contributed by atoms with Gasteiger partial charge in [-0.3, -0.25) is 4.90 Å². The van der Waals surface area contributed by atoms with Crippen LogP contribution in [0.1, 0.15) is 12.5 Å². The molecule has 1 aliphatic rings. The number of aromatic amines is 1. The van der Waals surface area contributed by atoms with Crippen molar-refractivity contribution < 1.29 is 0 Å². The SMILES string of the molecule is CNc1nc(N2CCN(CC(C)Cc3ccc(Br)cc3)CC2)n[nH]1. The van der Waals surface area contributed by atoms with E-state index in [2.05, 4.69) is 77.4 Å². The maximum Gasteiger partial charge on any atom is 0.246 e. The largest absolute Gasteiger partial charge is 0.358 e. The fraction of sp³-hybridized carbons (Fsp3) is 0.529. The average Bonchev–Trinajstić information content (AvgIpc) is 3.07. The monoisotopic (exact) mass is 392 g/mol. The van der Waals surface area contributed by atoms with Crippen LogP contribution >= 0.6 is 15.9 Å². The molecule has 1 aromatic carbocycles. The summed E-state index contributed by atoms with van der Waals surface area (Å²) in [6, 6.07) is 8.66. The number of halogens is 1. The van der Waals surface area contributed by atoms with E-state index in [1.54, 1.807) is 0 Å². The second-order valence-electron chi connectivity index (χ2n) is 6.46. The van der Waals surface area contributed by atoms with E-state index in [9.17, 15) is 0 Å². The summed E-state index contributed by atoms with van der Waals surface area (Å²) in [6.07, 6.45) is 1.12. The topological polar surface area (TPSA) is 60.1 Å². The molecule has 0 amide bonds. The molecule has 0 bridgehead atoms. The molecule has 0 saturated carbocycles. The minimum Gasteiger partial charge on any atom is -0.358 e. The summed E-state index contributed by atoms with van der Waals surface area (Å²) in [5.74, 6) is 2.16. The van der Waals surface area contributed by atoms with Gasteiger partial charge < -0.3 is 10.2 Å². The zero-order chi connectivity index (χ0) is 16.9. The van der Waals surface area contributed by atoms with Crippen molar-refractivity contribution in [3.63, 3.8) is 0 Å². The van der Waals surface area contributed by atoms with E-state index >= 15 is 0 Å². The third-order valence-corrected chi connectivity index (χ3v) is 4.96. The molecule has 2 N–H and O–H groups in total. The highest BCUT2D eigenvalue weighted by Crippen LogP contribution is 2.17. The van der Waals surface area contributed by atoms with Gasteiger partial charge in [0.2, 0.25) is 11.9 Å². The normalized spacial score (nSPS) is 17.0. The molecule has 7 heteroatoms. The van der Waals surface area contributed by atoms with Crippen molar-refractivity contribution in [2.75, 3.05) is 50.0 Å². The summed E-state index contributed by atoms with van der Waals surface area (Å²) in [6.45, 7) is 7.56. The zero-order valence-corrected chi connectivity index (χ0v) is 15.9. The Kier molecular flexibility index (Phi) is 5.73. The third-order valence-electron chi connectivity index (χ3n) is 4.43. The number of hydrogen-bond donors (Lipinski definition) is 2. The van der Waals surface area contributed by atoms with Gasteiger partial charge in [0.05, 0.1) is 0 Å². The molecule has 0 radical (unpaired) electrons. The van der Waals surface area contributed by atoms with Gasteiger partial charge in [-0.1, -0.05) is 35.0 Å². The van der Waals surface area contributed by atoms with E-state index in [4.69, 9.17) is 0 Å². The molecular weight excluding hydrogens is 368 g/mol. The van der Waals surface area contributed by atoms with E-state index in [1.165, 1.54) is 5.56 Å². The second kappa shape index (κ2) is 7.98. The summed E-state index contributed by atoms with van der Waals surface area (Å²) >= 11 is 3.49. The van der Waals surface area contributed by atoms with Crippen LogP contribution in [0.3, 0.4) is 0 Å². The minimum absolute atomic E-state index is 0.650. The maximum atomic E-state index is 4.43. The lowest BCUT2D eigenvalue weighted by Gasteiger charge is -2.35. The van der Waals surface area contributed by atoms with Crippen molar-refractivity contribution in [1.29, 1.82) is 0 Å². The molecule has 1 saturated heterocycles. The van der Waals surface area contributed by atoms with Crippen molar-refractivity contribution in [1.82, 2.24) is 20.1 Å². The number of hydrogen-bond acceptors (Lipinski definition) is 5. The molecule has 0 spiro atoms. The maximum absolute atomic E-state index is 4.43. The van der Waals surface area contributed by atoms with Gasteiger partial charge in [0.15, 0.2) is 0 Å². The van der Waals surface area contributed by atoms with Crippen LogP contribution < -0.4 is 10.2 Å². The highest BCUT2D eigenvalue weighted by molar-refractivity contribution is 9.10. The van der Waals surface area contributed by atoms with Gasteiger partial charge in [-0.2, -0.15) is 4.98 Å². The Morgan fingerprint density at radius 2 is 1.92 bits per heavy atom. The number of H-pyrrole nitrogens is 1. The van der Waals surface area contributed by atoms with Crippen LogP contribution in [0.4, 0.5) is 11.9 Å². The van der Waals surface area contributed by atoms with Crippen molar-refractivity contribution >= 4 is 27.8 Å². The number of piperazine rings is 1. The van der Waals surface area contributed by atoms with E-state index in [0.29, 0.717) is 5.92 Å². The van der Waals surface area contributed by atoms with Crippen LogP contribution in [0.2, 0.25) is 0 Å². The molecule has 1 aliphatic heterocycles. The van der Waals surface area contributed by atoms with Gasteiger partial charge in [-0.25, -0.2) is 5.10 Å². The first-order valence-electron chi connectivity index (χ1n) is 8.46.